The van der Waals surface area contributed by atoms with Gasteiger partial charge in [-0.15, -0.1) is 0 Å². The number of nitrogens with zero attached hydrogens (tertiary/aromatic N) is 2. The number of morpholine rings is 2. The molecule has 0 aliphatic carbocycles. The van der Waals surface area contributed by atoms with Crippen LogP contribution in [-0.4, -0.2) is 74.2 Å². The van der Waals surface area contributed by atoms with E-state index in [4.69, 9.17) is 19.5 Å². The van der Waals surface area contributed by atoms with E-state index in [9.17, 15) is 4.79 Å². The average Bonchev–Trinajstić information content (AvgIpc) is 2.65. The number of carbonyl (C=O) groups is 1. The number of alkyl carbamates (subject to hydrolysis) is 1. The molecule has 0 aromatic heterocycles. The van der Waals surface area contributed by atoms with Gasteiger partial charge < -0.3 is 24.8 Å². The largest absolute Gasteiger partial charge is 0.491 e. The van der Waals surface area contributed by atoms with Gasteiger partial charge in [0.15, 0.2) is 0 Å². The molecule has 1 aromatic rings. The highest BCUT2D eigenvalue weighted by molar-refractivity contribution is 5.68. The number of ether oxygens (including phenoxy) is 3. The van der Waals surface area contributed by atoms with Gasteiger partial charge in [-0.3, -0.25) is 4.90 Å². The van der Waals surface area contributed by atoms with Crippen molar-refractivity contribution in [1.82, 2.24) is 15.5 Å². The first kappa shape index (κ1) is 21.4. The number of amides is 1. The maximum atomic E-state index is 12.3. The zero-order valence-corrected chi connectivity index (χ0v) is 17.3. The first-order chi connectivity index (χ1) is 13.8. The Morgan fingerprint density at radius 1 is 1.31 bits per heavy atom. The van der Waals surface area contributed by atoms with Crippen LogP contribution in [0.2, 0.25) is 0 Å². The Bertz CT molecular complexity index is 714. The Labute approximate surface area is 172 Å². The van der Waals surface area contributed by atoms with Gasteiger partial charge in [-0.2, -0.15) is 5.26 Å². The van der Waals surface area contributed by atoms with Crippen molar-refractivity contribution in [2.75, 3.05) is 39.3 Å². The van der Waals surface area contributed by atoms with Crippen LogP contribution in [0.3, 0.4) is 0 Å². The van der Waals surface area contributed by atoms with Crippen LogP contribution in [0.1, 0.15) is 26.3 Å². The molecule has 2 heterocycles. The van der Waals surface area contributed by atoms with E-state index in [0.29, 0.717) is 24.5 Å². The van der Waals surface area contributed by atoms with Gasteiger partial charge in [0.1, 0.15) is 18.0 Å². The molecule has 2 N–H and O–H groups in total. The van der Waals surface area contributed by atoms with Gasteiger partial charge in [0.2, 0.25) is 0 Å². The maximum Gasteiger partial charge on any atom is 0.408 e. The number of fused-ring (bicyclic) bond motifs is 2. The van der Waals surface area contributed by atoms with Crippen molar-refractivity contribution in [2.45, 2.75) is 44.6 Å². The van der Waals surface area contributed by atoms with Gasteiger partial charge in [-0.25, -0.2) is 4.79 Å². The van der Waals surface area contributed by atoms with Crippen molar-refractivity contribution < 1.29 is 19.0 Å². The van der Waals surface area contributed by atoms with Crippen LogP contribution in [-0.2, 0) is 9.47 Å². The van der Waals surface area contributed by atoms with Gasteiger partial charge in [0.05, 0.1) is 29.9 Å². The zero-order chi connectivity index (χ0) is 20.9. The van der Waals surface area contributed by atoms with Crippen LogP contribution >= 0.6 is 0 Å². The van der Waals surface area contributed by atoms with E-state index < -0.39 is 11.7 Å². The monoisotopic (exact) mass is 402 g/mol. The third-order valence-corrected chi connectivity index (χ3v) is 4.69. The van der Waals surface area contributed by atoms with Gasteiger partial charge in [-0.05, 0) is 45.0 Å². The molecular weight excluding hydrogens is 372 g/mol. The van der Waals surface area contributed by atoms with Crippen molar-refractivity contribution in [2.24, 2.45) is 0 Å². The van der Waals surface area contributed by atoms with Crippen molar-refractivity contribution in [1.29, 1.82) is 5.26 Å². The molecule has 2 aliphatic heterocycles. The molecule has 1 aromatic carbocycles. The van der Waals surface area contributed by atoms with Crippen LogP contribution in [0.15, 0.2) is 24.3 Å². The van der Waals surface area contributed by atoms with Crippen molar-refractivity contribution in [3.8, 4) is 11.8 Å². The third kappa shape index (κ3) is 6.89. The molecule has 0 saturated carbocycles. The molecule has 3 rings (SSSR count). The number of nitrogens with one attached hydrogen (secondary N) is 2. The first-order valence-electron chi connectivity index (χ1n) is 10.0. The molecule has 2 unspecified atom stereocenters. The van der Waals surface area contributed by atoms with E-state index >= 15 is 0 Å². The summed E-state index contributed by atoms with van der Waals surface area (Å²) in [6.07, 6.45) is -0.116. The fourth-order valence-electron chi connectivity index (χ4n) is 3.54. The summed E-state index contributed by atoms with van der Waals surface area (Å²) in [6, 6.07) is 8.78. The van der Waals surface area contributed by atoms with Crippen LogP contribution in [0.25, 0.3) is 0 Å². The average molecular weight is 402 g/mol. The lowest BCUT2D eigenvalue weighted by Gasteiger charge is -2.42. The highest BCUT2D eigenvalue weighted by atomic mass is 16.6. The normalized spacial score (nSPS) is 23.0. The number of hydrogen-bond donors (Lipinski definition) is 2. The van der Waals surface area contributed by atoms with Crippen molar-refractivity contribution in [3.05, 3.63) is 29.8 Å². The Morgan fingerprint density at radius 2 is 1.97 bits per heavy atom. The second kappa shape index (κ2) is 9.44. The fourth-order valence-corrected chi connectivity index (χ4v) is 3.54. The molecule has 158 valence electrons. The first-order valence-corrected chi connectivity index (χ1v) is 10.0. The van der Waals surface area contributed by atoms with Gasteiger partial charge in [0.25, 0.3) is 0 Å². The molecule has 2 saturated heterocycles. The summed E-state index contributed by atoms with van der Waals surface area (Å²) in [5.41, 5.74) is 0.0128. The Kier molecular flexibility index (Phi) is 6.96. The molecule has 8 nitrogen and oxygen atoms in total. The molecular formula is C21H30N4O4. The SMILES string of the molecule is CC(C)(C)OC(=O)N[C@H](COc1ccc(C#N)cc1)CN1CC2CNCC(C1)O2. The van der Waals surface area contributed by atoms with E-state index in [1.54, 1.807) is 24.3 Å². The highest BCUT2D eigenvalue weighted by Gasteiger charge is 2.32. The van der Waals surface area contributed by atoms with Gasteiger partial charge in [-0.1, -0.05) is 0 Å². The van der Waals surface area contributed by atoms with Crippen LogP contribution in [0.5, 0.6) is 5.75 Å². The molecule has 2 aliphatic rings. The summed E-state index contributed by atoms with van der Waals surface area (Å²) in [5.74, 6) is 0.656. The lowest BCUT2D eigenvalue weighted by Crippen LogP contribution is -2.60. The van der Waals surface area contributed by atoms with Gasteiger partial charge >= 0.3 is 6.09 Å². The second-order valence-corrected chi connectivity index (χ2v) is 8.55. The van der Waals surface area contributed by atoms with E-state index in [2.05, 4.69) is 21.6 Å². The summed E-state index contributed by atoms with van der Waals surface area (Å²) in [7, 11) is 0. The Morgan fingerprint density at radius 3 is 2.55 bits per heavy atom. The molecule has 29 heavy (non-hydrogen) atoms. The molecule has 0 spiro atoms. The van der Waals surface area contributed by atoms with Crippen molar-refractivity contribution in [3.63, 3.8) is 0 Å². The Balaban J connectivity index is 1.60. The molecule has 3 atom stereocenters. The molecule has 1 amide bonds. The topological polar surface area (TPSA) is 95.8 Å². The number of benzene rings is 1. The predicted octanol–water partition coefficient (Wildman–Crippen LogP) is 1.50. The molecule has 0 radical (unpaired) electrons. The number of hydrogen-bond acceptors (Lipinski definition) is 7. The minimum absolute atomic E-state index is 0.170. The predicted molar refractivity (Wildman–Crippen MR) is 108 cm³/mol. The van der Waals surface area contributed by atoms with Crippen LogP contribution < -0.4 is 15.4 Å². The summed E-state index contributed by atoms with van der Waals surface area (Å²) < 4.78 is 17.3. The van der Waals surface area contributed by atoms with E-state index in [1.807, 2.05) is 20.8 Å². The van der Waals surface area contributed by atoms with E-state index in [0.717, 1.165) is 26.2 Å². The van der Waals surface area contributed by atoms with Crippen LogP contribution in [0, 0.1) is 11.3 Å². The zero-order valence-electron chi connectivity index (χ0n) is 17.3. The Hall–Kier alpha value is -2.34. The lowest BCUT2D eigenvalue weighted by atomic mass is 10.1. The lowest BCUT2D eigenvalue weighted by molar-refractivity contribution is -0.104. The van der Waals surface area contributed by atoms with Crippen molar-refractivity contribution >= 4 is 6.09 Å². The van der Waals surface area contributed by atoms with Gasteiger partial charge in [0, 0.05) is 32.7 Å². The number of carbonyl (C=O) groups excluding carboxylic acids is 1. The quantitative estimate of drug-likeness (QED) is 0.744. The highest BCUT2D eigenvalue weighted by Crippen LogP contribution is 2.16. The minimum Gasteiger partial charge on any atom is -0.491 e. The molecule has 2 fully saturated rings. The summed E-state index contributed by atoms with van der Waals surface area (Å²) >= 11 is 0. The minimum atomic E-state index is -0.565. The van der Waals surface area contributed by atoms with E-state index in [-0.39, 0.29) is 18.2 Å². The standard InChI is InChI=1S/C21H30N4O4/c1-21(2,3)29-20(26)24-16(14-27-17-6-4-15(8-22)5-7-17)11-25-12-18-9-23-10-19(13-25)28-18/h4-7,16,18-19,23H,9-14H2,1-3H3,(H,24,26)/t16-,18?,19?/m0/s1. The third-order valence-electron chi connectivity index (χ3n) is 4.69. The molecule has 2 bridgehead atoms. The summed E-state index contributed by atoms with van der Waals surface area (Å²) in [4.78, 5) is 14.6. The second-order valence-electron chi connectivity index (χ2n) is 8.55. The summed E-state index contributed by atoms with van der Waals surface area (Å²) in [5, 5.41) is 15.2. The maximum absolute atomic E-state index is 12.3. The van der Waals surface area contributed by atoms with Crippen LogP contribution in [0.4, 0.5) is 4.79 Å². The number of rotatable bonds is 6. The fraction of sp³-hybridized carbons (Fsp3) is 0.619. The number of nitriles is 1. The molecule has 8 heteroatoms. The summed E-state index contributed by atoms with van der Waals surface area (Å²) in [6.45, 7) is 9.78. The smallest absolute Gasteiger partial charge is 0.408 e. The van der Waals surface area contributed by atoms with E-state index in [1.165, 1.54) is 0 Å².